The van der Waals surface area contributed by atoms with Crippen molar-refractivity contribution in [3.05, 3.63) is 45.6 Å². The first-order valence-corrected chi connectivity index (χ1v) is 8.04. The highest BCUT2D eigenvalue weighted by atomic mass is 32.1. The summed E-state index contributed by atoms with van der Waals surface area (Å²) < 4.78 is 35.1. The Morgan fingerprint density at radius 3 is 2.56 bits per heavy atom. The number of carboxylic acids is 1. The highest BCUT2D eigenvalue weighted by Gasteiger charge is 2.17. The van der Waals surface area contributed by atoms with Crippen LogP contribution in [0.2, 0.25) is 0 Å². The molecule has 2 rings (SSSR count). The molecule has 1 amide bonds. The first kappa shape index (κ1) is 18.7. The number of alkyl halides is 2. The highest BCUT2D eigenvalue weighted by Crippen LogP contribution is 2.32. The Balaban J connectivity index is 2.14. The molecule has 2 aromatic rings. The maximum Gasteiger partial charge on any atom is 0.387 e. The van der Waals surface area contributed by atoms with Crippen LogP contribution in [0, 0.1) is 0 Å². The van der Waals surface area contributed by atoms with Crippen LogP contribution in [0.5, 0.6) is 11.5 Å². The van der Waals surface area contributed by atoms with Gasteiger partial charge in [0, 0.05) is 12.1 Å². The zero-order chi connectivity index (χ0) is 18.4. The Hall–Kier alpha value is -2.68. The van der Waals surface area contributed by atoms with Gasteiger partial charge >= 0.3 is 12.6 Å². The summed E-state index contributed by atoms with van der Waals surface area (Å²) in [6.07, 6.45) is 0. The normalized spacial score (nSPS) is 10.6. The van der Waals surface area contributed by atoms with Crippen molar-refractivity contribution in [3.63, 3.8) is 0 Å². The number of ether oxygens (including phenoxy) is 2. The molecule has 0 aliphatic carbocycles. The molecule has 0 saturated carbocycles. The standard InChI is InChI=1S/C16H15F2NO5S/c1-2-23-10-5-3-4-9(13(10)24-16(17)18)8-19-14(20)11-6-7-12(25-11)15(21)22/h3-7,16H,2,8H2,1H3,(H,19,20)(H,21,22). The Morgan fingerprint density at radius 2 is 1.96 bits per heavy atom. The molecular formula is C16H15F2NO5S. The number of carboxylic acid groups (broad SMARTS) is 1. The van der Waals surface area contributed by atoms with Crippen LogP contribution in [-0.4, -0.2) is 30.2 Å². The molecule has 0 aliphatic heterocycles. The van der Waals surface area contributed by atoms with E-state index in [9.17, 15) is 18.4 Å². The summed E-state index contributed by atoms with van der Waals surface area (Å²) in [5, 5.41) is 11.4. The van der Waals surface area contributed by atoms with Gasteiger partial charge in [-0.2, -0.15) is 8.78 Å². The molecule has 0 fully saturated rings. The number of hydrogen-bond donors (Lipinski definition) is 2. The second-order valence-corrected chi connectivity index (χ2v) is 5.79. The Morgan fingerprint density at radius 1 is 1.24 bits per heavy atom. The lowest BCUT2D eigenvalue weighted by Gasteiger charge is -2.15. The molecule has 134 valence electrons. The largest absolute Gasteiger partial charge is 0.490 e. The van der Waals surface area contributed by atoms with E-state index in [2.05, 4.69) is 10.1 Å². The van der Waals surface area contributed by atoms with Crippen LogP contribution in [0.1, 0.15) is 31.8 Å². The number of amides is 1. The number of halogens is 2. The number of hydrogen-bond acceptors (Lipinski definition) is 5. The van der Waals surface area contributed by atoms with Crippen molar-refractivity contribution in [2.24, 2.45) is 0 Å². The lowest BCUT2D eigenvalue weighted by molar-refractivity contribution is -0.0520. The summed E-state index contributed by atoms with van der Waals surface area (Å²) in [6.45, 7) is -1.14. The van der Waals surface area contributed by atoms with E-state index in [1.54, 1.807) is 13.0 Å². The van der Waals surface area contributed by atoms with E-state index in [0.717, 1.165) is 11.3 Å². The monoisotopic (exact) mass is 371 g/mol. The quantitative estimate of drug-likeness (QED) is 0.743. The van der Waals surface area contributed by atoms with Crippen LogP contribution in [0.25, 0.3) is 0 Å². The van der Waals surface area contributed by atoms with E-state index in [4.69, 9.17) is 9.84 Å². The van der Waals surface area contributed by atoms with Gasteiger partial charge in [-0.25, -0.2) is 4.79 Å². The van der Waals surface area contributed by atoms with Crippen LogP contribution in [-0.2, 0) is 6.54 Å². The number of rotatable bonds is 8. The number of benzene rings is 1. The summed E-state index contributed by atoms with van der Waals surface area (Å²) in [6, 6.07) is 7.32. The minimum Gasteiger partial charge on any atom is -0.490 e. The van der Waals surface area contributed by atoms with Gasteiger partial charge in [0.15, 0.2) is 11.5 Å². The van der Waals surface area contributed by atoms with Gasteiger partial charge in [-0.3, -0.25) is 4.79 Å². The van der Waals surface area contributed by atoms with Crippen molar-refractivity contribution in [3.8, 4) is 11.5 Å². The van der Waals surface area contributed by atoms with Crippen molar-refractivity contribution < 1.29 is 33.0 Å². The average Bonchev–Trinajstić information content (AvgIpc) is 3.05. The molecule has 0 bridgehead atoms. The molecule has 6 nitrogen and oxygen atoms in total. The fourth-order valence-electron chi connectivity index (χ4n) is 2.03. The fourth-order valence-corrected chi connectivity index (χ4v) is 2.79. The number of carbonyl (C=O) groups is 2. The van der Waals surface area contributed by atoms with Crippen molar-refractivity contribution in [1.82, 2.24) is 5.32 Å². The summed E-state index contributed by atoms with van der Waals surface area (Å²) >= 11 is 0.823. The van der Waals surface area contributed by atoms with Gasteiger partial charge in [-0.05, 0) is 25.1 Å². The molecule has 0 radical (unpaired) electrons. The lowest BCUT2D eigenvalue weighted by atomic mass is 10.2. The summed E-state index contributed by atoms with van der Waals surface area (Å²) in [7, 11) is 0. The molecule has 25 heavy (non-hydrogen) atoms. The Kier molecular flexibility index (Phi) is 6.29. The number of para-hydroxylation sites is 1. The Labute approximate surface area is 146 Å². The van der Waals surface area contributed by atoms with E-state index in [1.807, 2.05) is 0 Å². The van der Waals surface area contributed by atoms with Crippen LogP contribution < -0.4 is 14.8 Å². The molecule has 0 unspecified atom stereocenters. The van der Waals surface area contributed by atoms with Crippen LogP contribution in [0.4, 0.5) is 8.78 Å². The van der Waals surface area contributed by atoms with Gasteiger partial charge in [-0.1, -0.05) is 12.1 Å². The maximum atomic E-state index is 12.6. The van der Waals surface area contributed by atoms with Crippen molar-refractivity contribution in [1.29, 1.82) is 0 Å². The van der Waals surface area contributed by atoms with E-state index in [0.29, 0.717) is 5.56 Å². The predicted molar refractivity (Wildman–Crippen MR) is 86.7 cm³/mol. The van der Waals surface area contributed by atoms with Gasteiger partial charge in [0.05, 0.1) is 11.5 Å². The number of nitrogens with one attached hydrogen (secondary N) is 1. The minimum absolute atomic E-state index is 0.0326. The van der Waals surface area contributed by atoms with Crippen molar-refractivity contribution in [2.45, 2.75) is 20.1 Å². The topological polar surface area (TPSA) is 84.9 Å². The molecule has 1 aromatic carbocycles. The first-order chi connectivity index (χ1) is 11.9. The third kappa shape index (κ3) is 4.90. The highest BCUT2D eigenvalue weighted by molar-refractivity contribution is 7.15. The average molecular weight is 371 g/mol. The SMILES string of the molecule is CCOc1cccc(CNC(=O)c2ccc(C(=O)O)s2)c1OC(F)F. The molecular weight excluding hydrogens is 356 g/mol. The smallest absolute Gasteiger partial charge is 0.387 e. The Bertz CT molecular complexity index is 763. The van der Waals surface area contributed by atoms with Crippen LogP contribution in [0.15, 0.2) is 30.3 Å². The van der Waals surface area contributed by atoms with Crippen LogP contribution in [0.3, 0.4) is 0 Å². The number of carbonyl (C=O) groups excluding carboxylic acids is 1. The van der Waals surface area contributed by atoms with E-state index in [1.165, 1.54) is 24.3 Å². The summed E-state index contributed by atoms with van der Waals surface area (Å²) in [5.74, 6) is -1.63. The van der Waals surface area contributed by atoms with Gasteiger partial charge in [-0.15, -0.1) is 11.3 Å². The van der Waals surface area contributed by atoms with Crippen molar-refractivity contribution >= 4 is 23.2 Å². The number of thiophene rings is 1. The third-order valence-electron chi connectivity index (χ3n) is 3.05. The zero-order valence-corrected chi connectivity index (χ0v) is 13.9. The van der Waals surface area contributed by atoms with Crippen molar-refractivity contribution in [2.75, 3.05) is 6.61 Å². The molecule has 2 N–H and O–H groups in total. The summed E-state index contributed by atoms with van der Waals surface area (Å²) in [5.41, 5.74) is 0.314. The molecule has 0 atom stereocenters. The second kappa shape index (κ2) is 8.43. The van der Waals surface area contributed by atoms with Gasteiger partial charge in [0.25, 0.3) is 5.91 Å². The lowest BCUT2D eigenvalue weighted by Crippen LogP contribution is -2.22. The van der Waals surface area contributed by atoms with E-state index >= 15 is 0 Å². The maximum absolute atomic E-state index is 12.6. The zero-order valence-electron chi connectivity index (χ0n) is 13.1. The molecule has 0 saturated heterocycles. The fraction of sp³-hybridized carbons (Fsp3) is 0.250. The molecule has 1 heterocycles. The first-order valence-electron chi connectivity index (χ1n) is 7.23. The minimum atomic E-state index is -3.04. The molecule has 0 aliphatic rings. The predicted octanol–water partition coefficient (Wildman–Crippen LogP) is 3.38. The molecule has 0 spiro atoms. The van der Waals surface area contributed by atoms with E-state index in [-0.39, 0.29) is 34.4 Å². The third-order valence-corrected chi connectivity index (χ3v) is 4.12. The summed E-state index contributed by atoms with van der Waals surface area (Å²) in [4.78, 5) is 23.2. The molecule has 1 aromatic heterocycles. The second-order valence-electron chi connectivity index (χ2n) is 4.71. The molecule has 9 heteroatoms. The van der Waals surface area contributed by atoms with Gasteiger partial charge in [0.1, 0.15) is 4.88 Å². The van der Waals surface area contributed by atoms with Gasteiger partial charge in [0.2, 0.25) is 0 Å². The number of aromatic carboxylic acids is 1. The van der Waals surface area contributed by atoms with E-state index < -0.39 is 18.5 Å². The van der Waals surface area contributed by atoms with Crippen LogP contribution >= 0.6 is 11.3 Å². The van der Waals surface area contributed by atoms with Gasteiger partial charge < -0.3 is 19.9 Å².